The lowest BCUT2D eigenvalue weighted by molar-refractivity contribution is -0.117. The molecule has 0 aliphatic carbocycles. The van der Waals surface area contributed by atoms with Crippen LogP contribution < -0.4 is 16.4 Å². The van der Waals surface area contributed by atoms with Crippen LogP contribution in [0.25, 0.3) is 0 Å². The highest BCUT2D eigenvalue weighted by molar-refractivity contribution is 5.97. The fraction of sp³-hybridized carbons (Fsp3) is 0.158. The van der Waals surface area contributed by atoms with Crippen LogP contribution in [0.3, 0.4) is 0 Å². The third kappa shape index (κ3) is 5.29. The van der Waals surface area contributed by atoms with Gasteiger partial charge in [0.1, 0.15) is 17.4 Å². The number of hydrogen-bond donors (Lipinski definition) is 4. The summed E-state index contributed by atoms with van der Waals surface area (Å²) in [5.41, 5.74) is 9.03. The van der Waals surface area contributed by atoms with Gasteiger partial charge in [0.25, 0.3) is 5.91 Å². The summed E-state index contributed by atoms with van der Waals surface area (Å²) >= 11 is 0. The maximum absolute atomic E-state index is 12.1. The fourth-order valence-corrected chi connectivity index (χ4v) is 2.19. The molecule has 0 bridgehead atoms. The predicted octanol–water partition coefficient (Wildman–Crippen LogP) is 2.46. The van der Waals surface area contributed by atoms with Crippen molar-refractivity contribution >= 4 is 17.3 Å². The number of amides is 1. The third-order valence-corrected chi connectivity index (χ3v) is 3.58. The van der Waals surface area contributed by atoms with Gasteiger partial charge in [0.15, 0.2) is 0 Å². The summed E-state index contributed by atoms with van der Waals surface area (Å²) < 4.78 is 0. The Bertz CT molecular complexity index is 820. The number of phenols is 1. The van der Waals surface area contributed by atoms with Crippen LogP contribution >= 0.6 is 0 Å². The molecule has 0 aromatic heterocycles. The molecule has 128 valence electrons. The minimum absolute atomic E-state index is 0.0364. The zero-order valence-electron chi connectivity index (χ0n) is 13.9. The molecule has 0 spiro atoms. The van der Waals surface area contributed by atoms with Gasteiger partial charge in [-0.05, 0) is 48.7 Å². The Morgan fingerprint density at radius 1 is 1.28 bits per heavy atom. The van der Waals surface area contributed by atoms with E-state index in [1.165, 1.54) is 6.20 Å². The highest BCUT2D eigenvalue weighted by Crippen LogP contribution is 2.19. The normalized spacial score (nSPS) is 10.8. The first-order valence-corrected chi connectivity index (χ1v) is 7.78. The average Bonchev–Trinajstić information content (AvgIpc) is 2.59. The summed E-state index contributed by atoms with van der Waals surface area (Å²) in [5.74, 6) is -0.261. The molecule has 2 rings (SSSR count). The summed E-state index contributed by atoms with van der Waals surface area (Å²) in [6.07, 6.45) is 1.94. The summed E-state index contributed by atoms with van der Waals surface area (Å²) in [6.45, 7) is 2.31. The maximum Gasteiger partial charge on any atom is 0.263 e. The number of hydrogen-bond acceptors (Lipinski definition) is 5. The quantitative estimate of drug-likeness (QED) is 0.368. The van der Waals surface area contributed by atoms with Crippen molar-refractivity contribution in [2.24, 2.45) is 0 Å². The lowest BCUT2D eigenvalue weighted by Gasteiger charge is -2.08. The Balaban J connectivity index is 1.91. The van der Waals surface area contributed by atoms with Crippen molar-refractivity contribution in [3.05, 3.63) is 65.4 Å². The van der Waals surface area contributed by atoms with E-state index in [0.717, 1.165) is 11.1 Å². The Morgan fingerprint density at radius 3 is 2.64 bits per heavy atom. The van der Waals surface area contributed by atoms with Crippen LogP contribution in [0.2, 0.25) is 0 Å². The molecule has 0 saturated carbocycles. The molecule has 0 aliphatic heterocycles. The molecule has 1 amide bonds. The second kappa shape index (κ2) is 8.41. The van der Waals surface area contributed by atoms with Gasteiger partial charge in [-0.2, -0.15) is 5.26 Å². The molecular formula is C19H20N4O2. The van der Waals surface area contributed by atoms with Crippen LogP contribution in [0.5, 0.6) is 5.75 Å². The highest BCUT2D eigenvalue weighted by Gasteiger charge is 2.08. The highest BCUT2D eigenvalue weighted by atomic mass is 16.3. The molecule has 5 N–H and O–H groups in total. The van der Waals surface area contributed by atoms with Gasteiger partial charge < -0.3 is 21.5 Å². The topological polar surface area (TPSA) is 111 Å². The minimum atomic E-state index is -0.459. The van der Waals surface area contributed by atoms with Crippen LogP contribution in [0.4, 0.5) is 11.4 Å². The Kier molecular flexibility index (Phi) is 6.02. The van der Waals surface area contributed by atoms with Gasteiger partial charge in [0.05, 0.1) is 11.4 Å². The van der Waals surface area contributed by atoms with Gasteiger partial charge >= 0.3 is 0 Å². The van der Waals surface area contributed by atoms with Crippen molar-refractivity contribution in [3.63, 3.8) is 0 Å². The van der Waals surface area contributed by atoms with Crippen LogP contribution in [0, 0.1) is 18.3 Å². The molecule has 0 atom stereocenters. The van der Waals surface area contributed by atoms with E-state index in [9.17, 15) is 9.90 Å². The SMILES string of the molecule is Cc1ccc(N/C=C(/C#N)C(=O)NCCc2ccc(O)cc2)c(N)c1. The number of benzene rings is 2. The average molecular weight is 336 g/mol. The summed E-state index contributed by atoms with van der Waals surface area (Å²) in [4.78, 5) is 12.1. The number of rotatable bonds is 6. The molecular weight excluding hydrogens is 316 g/mol. The van der Waals surface area contributed by atoms with E-state index in [1.807, 2.05) is 19.1 Å². The smallest absolute Gasteiger partial charge is 0.263 e. The number of aromatic hydroxyl groups is 1. The molecule has 0 saturated heterocycles. The van der Waals surface area contributed by atoms with E-state index in [1.54, 1.807) is 36.4 Å². The number of carbonyl (C=O) groups is 1. The summed E-state index contributed by atoms with van der Waals surface area (Å²) in [7, 11) is 0. The molecule has 2 aromatic rings. The zero-order chi connectivity index (χ0) is 18.2. The van der Waals surface area contributed by atoms with E-state index >= 15 is 0 Å². The maximum atomic E-state index is 12.1. The van der Waals surface area contributed by atoms with Crippen LogP contribution in [0.1, 0.15) is 11.1 Å². The zero-order valence-corrected chi connectivity index (χ0v) is 13.9. The van der Waals surface area contributed by atoms with Crippen molar-refractivity contribution < 1.29 is 9.90 Å². The molecule has 0 aliphatic rings. The van der Waals surface area contributed by atoms with Gasteiger partial charge in [-0.1, -0.05) is 18.2 Å². The van der Waals surface area contributed by atoms with Crippen molar-refractivity contribution in [1.29, 1.82) is 5.26 Å². The Morgan fingerprint density at radius 2 is 2.00 bits per heavy atom. The van der Waals surface area contributed by atoms with Gasteiger partial charge in [0.2, 0.25) is 0 Å². The van der Waals surface area contributed by atoms with Crippen molar-refractivity contribution in [1.82, 2.24) is 5.32 Å². The largest absolute Gasteiger partial charge is 0.508 e. The number of anilines is 2. The van der Waals surface area contributed by atoms with Gasteiger partial charge in [-0.25, -0.2) is 0 Å². The van der Waals surface area contributed by atoms with Crippen LogP contribution in [0.15, 0.2) is 54.2 Å². The van der Waals surface area contributed by atoms with E-state index in [0.29, 0.717) is 24.3 Å². The molecule has 6 heteroatoms. The van der Waals surface area contributed by atoms with Crippen molar-refractivity contribution in [3.8, 4) is 11.8 Å². The predicted molar refractivity (Wildman–Crippen MR) is 97.7 cm³/mol. The van der Waals surface area contributed by atoms with Gasteiger partial charge in [0, 0.05) is 12.7 Å². The molecule has 0 fully saturated rings. The number of nitrogens with one attached hydrogen (secondary N) is 2. The van der Waals surface area contributed by atoms with Crippen molar-refractivity contribution in [2.75, 3.05) is 17.6 Å². The second-order valence-corrected chi connectivity index (χ2v) is 5.58. The molecule has 6 nitrogen and oxygen atoms in total. The molecule has 0 radical (unpaired) electrons. The number of carbonyl (C=O) groups excluding carboxylic acids is 1. The van der Waals surface area contributed by atoms with E-state index in [4.69, 9.17) is 11.0 Å². The number of aryl methyl sites for hydroxylation is 1. The molecule has 2 aromatic carbocycles. The number of nitrogens with two attached hydrogens (primary N) is 1. The summed E-state index contributed by atoms with van der Waals surface area (Å²) in [5, 5.41) is 24.0. The fourth-order valence-electron chi connectivity index (χ4n) is 2.19. The van der Waals surface area contributed by atoms with Gasteiger partial charge in [-0.3, -0.25) is 4.79 Å². The van der Waals surface area contributed by atoms with Crippen LogP contribution in [-0.2, 0) is 11.2 Å². The standard InChI is InChI=1S/C19H20N4O2/c1-13-2-7-18(17(21)10-13)23-12-15(11-20)19(25)22-9-8-14-3-5-16(24)6-4-14/h2-7,10,12,23-24H,8-9,21H2,1H3,(H,22,25)/b15-12-. The monoisotopic (exact) mass is 336 g/mol. The lowest BCUT2D eigenvalue weighted by atomic mass is 10.1. The number of nitrogen functional groups attached to an aromatic ring is 1. The first-order valence-electron chi connectivity index (χ1n) is 7.78. The van der Waals surface area contributed by atoms with Crippen molar-refractivity contribution in [2.45, 2.75) is 13.3 Å². The van der Waals surface area contributed by atoms with E-state index in [2.05, 4.69) is 10.6 Å². The lowest BCUT2D eigenvalue weighted by Crippen LogP contribution is -2.27. The van der Waals surface area contributed by atoms with E-state index < -0.39 is 5.91 Å². The summed E-state index contributed by atoms with van der Waals surface area (Å²) in [6, 6.07) is 14.1. The number of phenolic OH excluding ortho intramolecular Hbond substituents is 1. The van der Waals surface area contributed by atoms with E-state index in [-0.39, 0.29) is 11.3 Å². The second-order valence-electron chi connectivity index (χ2n) is 5.58. The van der Waals surface area contributed by atoms with Gasteiger partial charge in [-0.15, -0.1) is 0 Å². The third-order valence-electron chi connectivity index (χ3n) is 3.58. The first-order chi connectivity index (χ1) is 12.0. The first kappa shape index (κ1) is 17.9. The van der Waals surface area contributed by atoms with Crippen LogP contribution in [-0.4, -0.2) is 17.6 Å². The minimum Gasteiger partial charge on any atom is -0.508 e. The molecule has 0 heterocycles. The Labute approximate surface area is 146 Å². The molecule has 25 heavy (non-hydrogen) atoms. The Hall–Kier alpha value is -3.46. The number of nitrogens with zero attached hydrogens (tertiary/aromatic N) is 1. The molecule has 0 unspecified atom stereocenters. The number of nitriles is 1.